The van der Waals surface area contributed by atoms with E-state index in [-0.39, 0.29) is 18.3 Å². The Balaban J connectivity index is 2.03. The number of β-amino-alcohol motifs (C(OH)–C–C–N with tert-alkyl or cyclic N) is 1. The molecule has 2 saturated heterocycles. The van der Waals surface area contributed by atoms with Gasteiger partial charge in [0.25, 0.3) is 0 Å². The van der Waals surface area contributed by atoms with E-state index in [2.05, 4.69) is 5.32 Å². The fourth-order valence-electron chi connectivity index (χ4n) is 1.99. The third-order valence-corrected chi connectivity index (χ3v) is 5.05. The fraction of sp³-hybridized carbons (Fsp3) is 1.00. The normalized spacial score (nSPS) is 32.9. The molecule has 0 saturated carbocycles. The zero-order valence-corrected chi connectivity index (χ0v) is 9.05. The molecule has 0 aromatic carbocycles. The highest BCUT2D eigenvalue weighted by Gasteiger charge is 2.46. The average Bonchev–Trinajstić information content (AvgIpc) is 2.51. The van der Waals surface area contributed by atoms with Crippen molar-refractivity contribution in [1.82, 2.24) is 9.62 Å². The van der Waals surface area contributed by atoms with Crippen molar-refractivity contribution in [1.29, 1.82) is 0 Å². The van der Waals surface area contributed by atoms with Crippen LogP contribution in [-0.4, -0.2) is 54.9 Å². The monoisotopic (exact) mass is 220 g/mol. The third-order valence-electron chi connectivity index (χ3n) is 2.83. The molecular formula is C8H16N2O3S. The molecule has 0 aromatic rings. The minimum atomic E-state index is -3.16. The van der Waals surface area contributed by atoms with E-state index in [1.165, 1.54) is 4.31 Å². The maximum atomic E-state index is 11.9. The molecule has 0 aliphatic carbocycles. The molecule has 2 heterocycles. The summed E-state index contributed by atoms with van der Waals surface area (Å²) < 4.78 is 25.1. The van der Waals surface area contributed by atoms with Crippen molar-refractivity contribution in [3.63, 3.8) is 0 Å². The van der Waals surface area contributed by atoms with E-state index >= 15 is 0 Å². The molecule has 0 amide bonds. The van der Waals surface area contributed by atoms with Crippen molar-refractivity contribution >= 4 is 10.0 Å². The minimum Gasteiger partial charge on any atom is -0.387 e. The van der Waals surface area contributed by atoms with E-state index in [4.69, 9.17) is 0 Å². The van der Waals surface area contributed by atoms with Crippen LogP contribution in [0.3, 0.4) is 0 Å². The van der Waals surface area contributed by atoms with Gasteiger partial charge in [0.2, 0.25) is 10.0 Å². The summed E-state index contributed by atoms with van der Waals surface area (Å²) in [7, 11) is -3.16. The third kappa shape index (κ3) is 1.67. The first-order chi connectivity index (χ1) is 6.42. The number of nitrogens with zero attached hydrogens (tertiary/aromatic N) is 1. The molecule has 0 aromatic heterocycles. The molecule has 2 N–H and O–H groups in total. The first kappa shape index (κ1) is 10.4. The summed E-state index contributed by atoms with van der Waals surface area (Å²) in [5.74, 6) is 0. The molecule has 82 valence electrons. The van der Waals surface area contributed by atoms with Crippen LogP contribution in [0.25, 0.3) is 0 Å². The molecule has 2 aliphatic heterocycles. The van der Waals surface area contributed by atoms with Crippen LogP contribution in [0.15, 0.2) is 0 Å². The molecule has 2 rings (SSSR count). The van der Waals surface area contributed by atoms with Crippen molar-refractivity contribution < 1.29 is 13.5 Å². The zero-order valence-electron chi connectivity index (χ0n) is 8.23. The second-order valence-electron chi connectivity index (χ2n) is 4.42. The van der Waals surface area contributed by atoms with Gasteiger partial charge in [-0.15, -0.1) is 0 Å². The number of rotatable bonds is 2. The van der Waals surface area contributed by atoms with E-state index in [0.717, 1.165) is 6.54 Å². The maximum absolute atomic E-state index is 11.9. The highest BCUT2D eigenvalue weighted by Crippen LogP contribution is 2.27. The standard InChI is InChI=1S/C8H16N2O3S/c1-8(11)5-10(6-8)14(12,13)7-2-3-9-4-7/h7,9,11H,2-6H2,1H3. The van der Waals surface area contributed by atoms with Gasteiger partial charge in [0.1, 0.15) is 0 Å². The van der Waals surface area contributed by atoms with Crippen LogP contribution in [0.2, 0.25) is 0 Å². The molecule has 6 heteroatoms. The van der Waals surface area contributed by atoms with Crippen LogP contribution >= 0.6 is 0 Å². The zero-order chi connectivity index (χ0) is 10.4. The van der Waals surface area contributed by atoms with Crippen LogP contribution in [-0.2, 0) is 10.0 Å². The van der Waals surface area contributed by atoms with E-state index < -0.39 is 15.6 Å². The fourth-order valence-corrected chi connectivity index (χ4v) is 4.07. The highest BCUT2D eigenvalue weighted by molar-refractivity contribution is 7.89. The number of sulfonamides is 1. The first-order valence-electron chi connectivity index (χ1n) is 4.84. The molecule has 1 unspecified atom stereocenters. The Labute approximate surface area is 84.1 Å². The SMILES string of the molecule is CC1(O)CN(S(=O)(=O)C2CCNC2)C1. The smallest absolute Gasteiger partial charge is 0.218 e. The Hall–Kier alpha value is -0.170. The van der Waals surface area contributed by atoms with Crippen LogP contribution in [0, 0.1) is 0 Å². The Morgan fingerprint density at radius 2 is 2.14 bits per heavy atom. The second kappa shape index (κ2) is 3.16. The number of nitrogens with one attached hydrogen (secondary N) is 1. The van der Waals surface area contributed by atoms with Gasteiger partial charge in [0.05, 0.1) is 10.9 Å². The molecule has 0 bridgehead atoms. The van der Waals surface area contributed by atoms with Crippen molar-refractivity contribution in [3.05, 3.63) is 0 Å². The lowest BCUT2D eigenvalue weighted by atomic mass is 10.0. The summed E-state index contributed by atoms with van der Waals surface area (Å²) in [6.07, 6.45) is 0.682. The Kier molecular flexibility index (Phi) is 2.34. The Bertz CT molecular complexity index is 311. The second-order valence-corrected chi connectivity index (χ2v) is 6.64. The average molecular weight is 220 g/mol. The molecule has 2 aliphatic rings. The molecular weight excluding hydrogens is 204 g/mol. The summed E-state index contributed by atoms with van der Waals surface area (Å²) in [5.41, 5.74) is -0.820. The number of hydrogen-bond acceptors (Lipinski definition) is 4. The summed E-state index contributed by atoms with van der Waals surface area (Å²) in [6, 6.07) is 0. The van der Waals surface area contributed by atoms with Gasteiger partial charge >= 0.3 is 0 Å². The first-order valence-corrected chi connectivity index (χ1v) is 6.34. The molecule has 0 spiro atoms. The van der Waals surface area contributed by atoms with Crippen LogP contribution in [0.4, 0.5) is 0 Å². The lowest BCUT2D eigenvalue weighted by Gasteiger charge is -2.43. The highest BCUT2D eigenvalue weighted by atomic mass is 32.2. The number of hydrogen-bond donors (Lipinski definition) is 2. The van der Waals surface area contributed by atoms with Gasteiger partial charge in [-0.25, -0.2) is 8.42 Å². The van der Waals surface area contributed by atoms with Gasteiger partial charge in [-0.3, -0.25) is 0 Å². The van der Waals surface area contributed by atoms with Gasteiger partial charge in [-0.2, -0.15) is 4.31 Å². The van der Waals surface area contributed by atoms with E-state index in [0.29, 0.717) is 13.0 Å². The minimum absolute atomic E-state index is 0.242. The quantitative estimate of drug-likeness (QED) is 0.610. The number of aliphatic hydroxyl groups is 1. The molecule has 0 radical (unpaired) electrons. The lowest BCUT2D eigenvalue weighted by molar-refractivity contribution is -0.0429. The van der Waals surface area contributed by atoms with Gasteiger partial charge in [0.15, 0.2) is 0 Å². The summed E-state index contributed by atoms with van der Waals surface area (Å²) in [4.78, 5) is 0. The van der Waals surface area contributed by atoms with Crippen LogP contribution < -0.4 is 5.32 Å². The van der Waals surface area contributed by atoms with E-state index in [1.807, 2.05) is 0 Å². The van der Waals surface area contributed by atoms with E-state index in [9.17, 15) is 13.5 Å². The summed E-state index contributed by atoms with van der Waals surface area (Å²) in [6.45, 7) is 3.46. The van der Waals surface area contributed by atoms with Crippen LogP contribution in [0.5, 0.6) is 0 Å². The summed E-state index contributed by atoms with van der Waals surface area (Å²) >= 11 is 0. The van der Waals surface area contributed by atoms with Gasteiger partial charge in [-0.05, 0) is 19.9 Å². The van der Waals surface area contributed by atoms with Crippen LogP contribution in [0.1, 0.15) is 13.3 Å². The topological polar surface area (TPSA) is 69.6 Å². The predicted molar refractivity (Wildman–Crippen MR) is 52.4 cm³/mol. The Morgan fingerprint density at radius 1 is 1.50 bits per heavy atom. The van der Waals surface area contributed by atoms with Gasteiger partial charge < -0.3 is 10.4 Å². The largest absolute Gasteiger partial charge is 0.387 e. The van der Waals surface area contributed by atoms with Crippen molar-refractivity contribution in [3.8, 4) is 0 Å². The molecule has 5 nitrogen and oxygen atoms in total. The Morgan fingerprint density at radius 3 is 2.57 bits per heavy atom. The van der Waals surface area contributed by atoms with Crippen molar-refractivity contribution in [2.24, 2.45) is 0 Å². The van der Waals surface area contributed by atoms with Gasteiger partial charge in [-0.1, -0.05) is 0 Å². The van der Waals surface area contributed by atoms with Crippen molar-refractivity contribution in [2.75, 3.05) is 26.2 Å². The van der Waals surface area contributed by atoms with Crippen molar-refractivity contribution in [2.45, 2.75) is 24.2 Å². The molecule has 1 atom stereocenters. The van der Waals surface area contributed by atoms with E-state index in [1.54, 1.807) is 6.92 Å². The van der Waals surface area contributed by atoms with Gasteiger partial charge in [0, 0.05) is 19.6 Å². The lowest BCUT2D eigenvalue weighted by Crippen LogP contribution is -2.63. The maximum Gasteiger partial charge on any atom is 0.218 e. The molecule has 2 fully saturated rings. The molecule has 14 heavy (non-hydrogen) atoms. The summed E-state index contributed by atoms with van der Waals surface area (Å²) in [5, 5.41) is 12.2. The predicted octanol–water partition coefficient (Wildman–Crippen LogP) is -1.26.